The number of hydrogen-bond donors (Lipinski definition) is 1. The summed E-state index contributed by atoms with van der Waals surface area (Å²) >= 11 is 0. The summed E-state index contributed by atoms with van der Waals surface area (Å²) < 4.78 is 11.4. The average Bonchev–Trinajstić information content (AvgIpc) is 2.38. The summed E-state index contributed by atoms with van der Waals surface area (Å²) in [6, 6.07) is 6.69. The van der Waals surface area contributed by atoms with E-state index in [-0.39, 0.29) is 6.10 Å². The largest absolute Gasteiger partial charge is 0.490 e. The van der Waals surface area contributed by atoms with Crippen LogP contribution in [0.1, 0.15) is 46.6 Å². The Morgan fingerprint density at radius 2 is 1.84 bits per heavy atom. The maximum Gasteiger partial charge on any atom is 0.161 e. The highest BCUT2D eigenvalue weighted by Crippen LogP contribution is 2.29. The monoisotopic (exact) mass is 265 g/mol. The van der Waals surface area contributed by atoms with Crippen LogP contribution in [0.5, 0.6) is 11.5 Å². The molecular formula is C16H27NO2. The van der Waals surface area contributed by atoms with Crippen molar-refractivity contribution in [2.45, 2.75) is 59.7 Å². The lowest BCUT2D eigenvalue weighted by molar-refractivity contribution is 0.223. The van der Waals surface area contributed by atoms with Crippen molar-refractivity contribution in [1.29, 1.82) is 0 Å². The maximum atomic E-state index is 5.75. The molecule has 1 atom stereocenters. The summed E-state index contributed by atoms with van der Waals surface area (Å²) in [4.78, 5) is 0. The van der Waals surface area contributed by atoms with Gasteiger partial charge in [-0.1, -0.05) is 13.0 Å². The standard InChI is InChI=1S/C16H27NO2/c1-6-13(5)17-11-14-8-9-15(19-12(3)4)16(10-14)18-7-2/h8-10,12-13,17H,6-7,11H2,1-5H3. The van der Waals surface area contributed by atoms with Gasteiger partial charge in [0.2, 0.25) is 0 Å². The van der Waals surface area contributed by atoms with E-state index in [1.54, 1.807) is 0 Å². The molecule has 0 aliphatic carbocycles. The quantitative estimate of drug-likeness (QED) is 0.776. The SMILES string of the molecule is CCOc1cc(CNC(C)CC)ccc1OC(C)C. The van der Waals surface area contributed by atoms with E-state index in [1.807, 2.05) is 26.8 Å². The topological polar surface area (TPSA) is 30.5 Å². The fraction of sp³-hybridized carbons (Fsp3) is 0.625. The molecule has 1 aromatic carbocycles. The second kappa shape index (κ2) is 8.05. The lowest BCUT2D eigenvalue weighted by Gasteiger charge is -2.16. The van der Waals surface area contributed by atoms with Crippen LogP contribution in [0.3, 0.4) is 0 Å². The summed E-state index contributed by atoms with van der Waals surface area (Å²) in [5, 5.41) is 3.48. The van der Waals surface area contributed by atoms with Gasteiger partial charge in [0.15, 0.2) is 11.5 Å². The molecule has 1 aromatic rings. The van der Waals surface area contributed by atoms with Crippen LogP contribution >= 0.6 is 0 Å². The van der Waals surface area contributed by atoms with Crippen molar-refractivity contribution in [2.24, 2.45) is 0 Å². The predicted molar refractivity (Wildman–Crippen MR) is 80.0 cm³/mol. The van der Waals surface area contributed by atoms with Crippen molar-refractivity contribution < 1.29 is 9.47 Å². The third-order valence-corrected chi connectivity index (χ3v) is 2.94. The van der Waals surface area contributed by atoms with Gasteiger partial charge in [-0.05, 0) is 51.8 Å². The Hall–Kier alpha value is -1.22. The molecule has 108 valence electrons. The Kier molecular flexibility index (Phi) is 6.71. The molecular weight excluding hydrogens is 238 g/mol. The molecule has 1 rings (SSSR count). The zero-order valence-electron chi connectivity index (χ0n) is 12.8. The van der Waals surface area contributed by atoms with Gasteiger partial charge in [0.25, 0.3) is 0 Å². The number of ether oxygens (including phenoxy) is 2. The van der Waals surface area contributed by atoms with Gasteiger partial charge in [-0.15, -0.1) is 0 Å². The van der Waals surface area contributed by atoms with Gasteiger partial charge in [0, 0.05) is 12.6 Å². The molecule has 0 amide bonds. The van der Waals surface area contributed by atoms with Crippen LogP contribution in [0.2, 0.25) is 0 Å². The molecule has 0 bridgehead atoms. The summed E-state index contributed by atoms with van der Waals surface area (Å²) in [5.74, 6) is 1.66. The molecule has 1 unspecified atom stereocenters. The third-order valence-electron chi connectivity index (χ3n) is 2.94. The van der Waals surface area contributed by atoms with Crippen LogP contribution in [-0.4, -0.2) is 18.8 Å². The van der Waals surface area contributed by atoms with Gasteiger partial charge in [0.1, 0.15) is 0 Å². The highest BCUT2D eigenvalue weighted by Gasteiger charge is 2.08. The molecule has 0 spiro atoms. The summed E-state index contributed by atoms with van der Waals surface area (Å²) in [6.07, 6.45) is 1.29. The van der Waals surface area contributed by atoms with Crippen molar-refractivity contribution in [3.8, 4) is 11.5 Å². The Labute approximate surface area is 117 Å². The predicted octanol–water partition coefficient (Wildman–Crippen LogP) is 3.76. The Morgan fingerprint density at radius 1 is 1.11 bits per heavy atom. The maximum absolute atomic E-state index is 5.75. The molecule has 0 aromatic heterocycles. The van der Waals surface area contributed by atoms with Crippen LogP contribution < -0.4 is 14.8 Å². The Bertz CT molecular complexity index is 377. The smallest absolute Gasteiger partial charge is 0.161 e. The molecule has 0 heterocycles. The zero-order valence-corrected chi connectivity index (χ0v) is 12.8. The first-order valence-electron chi connectivity index (χ1n) is 7.22. The molecule has 0 saturated carbocycles. The van der Waals surface area contributed by atoms with Crippen molar-refractivity contribution in [2.75, 3.05) is 6.61 Å². The molecule has 1 N–H and O–H groups in total. The van der Waals surface area contributed by atoms with Gasteiger partial charge in [0.05, 0.1) is 12.7 Å². The van der Waals surface area contributed by atoms with E-state index in [2.05, 4.69) is 31.3 Å². The highest BCUT2D eigenvalue weighted by molar-refractivity contribution is 5.43. The lowest BCUT2D eigenvalue weighted by Crippen LogP contribution is -2.24. The Balaban J connectivity index is 2.77. The van der Waals surface area contributed by atoms with Crippen molar-refractivity contribution in [3.63, 3.8) is 0 Å². The number of benzene rings is 1. The first-order valence-corrected chi connectivity index (χ1v) is 7.22. The zero-order chi connectivity index (χ0) is 14.3. The number of nitrogens with one attached hydrogen (secondary N) is 1. The molecule has 3 heteroatoms. The van der Waals surface area contributed by atoms with E-state index in [9.17, 15) is 0 Å². The fourth-order valence-electron chi connectivity index (χ4n) is 1.72. The van der Waals surface area contributed by atoms with Gasteiger partial charge < -0.3 is 14.8 Å². The van der Waals surface area contributed by atoms with Gasteiger partial charge in [-0.2, -0.15) is 0 Å². The van der Waals surface area contributed by atoms with E-state index in [0.29, 0.717) is 12.6 Å². The fourth-order valence-corrected chi connectivity index (χ4v) is 1.72. The van der Waals surface area contributed by atoms with Crippen LogP contribution in [0.15, 0.2) is 18.2 Å². The minimum absolute atomic E-state index is 0.156. The van der Waals surface area contributed by atoms with Crippen LogP contribution in [-0.2, 0) is 6.54 Å². The van der Waals surface area contributed by atoms with Gasteiger partial charge in [-0.3, -0.25) is 0 Å². The molecule has 0 radical (unpaired) electrons. The first kappa shape index (κ1) is 15.8. The van der Waals surface area contributed by atoms with Crippen molar-refractivity contribution in [3.05, 3.63) is 23.8 Å². The normalized spacial score (nSPS) is 12.5. The second-order valence-corrected chi connectivity index (χ2v) is 5.07. The molecule has 0 aliphatic rings. The van der Waals surface area contributed by atoms with Crippen LogP contribution in [0.4, 0.5) is 0 Å². The van der Waals surface area contributed by atoms with E-state index < -0.39 is 0 Å². The van der Waals surface area contributed by atoms with E-state index in [0.717, 1.165) is 24.5 Å². The van der Waals surface area contributed by atoms with Crippen LogP contribution in [0, 0.1) is 0 Å². The summed E-state index contributed by atoms with van der Waals surface area (Å²) in [6.45, 7) is 11.9. The van der Waals surface area contributed by atoms with Crippen molar-refractivity contribution >= 4 is 0 Å². The van der Waals surface area contributed by atoms with Gasteiger partial charge in [-0.25, -0.2) is 0 Å². The average molecular weight is 265 g/mol. The minimum atomic E-state index is 0.156. The molecule has 0 saturated heterocycles. The molecule has 0 aliphatic heterocycles. The highest BCUT2D eigenvalue weighted by atomic mass is 16.5. The third kappa shape index (κ3) is 5.52. The van der Waals surface area contributed by atoms with Crippen LogP contribution in [0.25, 0.3) is 0 Å². The summed E-state index contributed by atoms with van der Waals surface area (Å²) in [5.41, 5.74) is 1.22. The molecule has 19 heavy (non-hydrogen) atoms. The first-order chi connectivity index (χ1) is 9.06. The summed E-state index contributed by atoms with van der Waals surface area (Å²) in [7, 11) is 0. The number of hydrogen-bond acceptors (Lipinski definition) is 3. The molecule has 3 nitrogen and oxygen atoms in total. The minimum Gasteiger partial charge on any atom is -0.490 e. The van der Waals surface area contributed by atoms with E-state index in [4.69, 9.17) is 9.47 Å². The number of rotatable bonds is 8. The van der Waals surface area contributed by atoms with E-state index >= 15 is 0 Å². The van der Waals surface area contributed by atoms with Crippen molar-refractivity contribution in [1.82, 2.24) is 5.32 Å². The Morgan fingerprint density at radius 3 is 2.42 bits per heavy atom. The molecule has 0 fully saturated rings. The van der Waals surface area contributed by atoms with Gasteiger partial charge >= 0.3 is 0 Å². The van der Waals surface area contributed by atoms with E-state index in [1.165, 1.54) is 5.56 Å². The second-order valence-electron chi connectivity index (χ2n) is 5.07. The lowest BCUT2D eigenvalue weighted by atomic mass is 10.1.